The van der Waals surface area contributed by atoms with Gasteiger partial charge < -0.3 is 10.3 Å². The minimum atomic E-state index is 0.318. The van der Waals surface area contributed by atoms with E-state index in [1.54, 1.807) is 7.05 Å². The molecule has 0 saturated carbocycles. The van der Waals surface area contributed by atoms with E-state index >= 15 is 0 Å². The second kappa shape index (κ2) is 5.06. The van der Waals surface area contributed by atoms with E-state index in [1.807, 2.05) is 0 Å². The quantitative estimate of drug-likeness (QED) is 0.413. The Morgan fingerprint density at radius 2 is 2.00 bits per heavy atom. The van der Waals surface area contributed by atoms with Gasteiger partial charge in [-0.1, -0.05) is 13.3 Å². The van der Waals surface area contributed by atoms with E-state index in [-0.39, 0.29) is 0 Å². The van der Waals surface area contributed by atoms with Crippen LogP contribution in [0.1, 0.15) is 26.2 Å². The normalized spacial score (nSPS) is 13.9. The van der Waals surface area contributed by atoms with E-state index in [9.17, 15) is 5.21 Å². The van der Waals surface area contributed by atoms with Crippen molar-refractivity contribution in [1.29, 1.82) is 0 Å². The summed E-state index contributed by atoms with van der Waals surface area (Å²) in [6.07, 6.45) is 3.47. The fourth-order valence-electron chi connectivity index (χ4n) is 0.624. The molecule has 8 heavy (non-hydrogen) atoms. The molecule has 0 spiro atoms. The fourth-order valence-corrected chi connectivity index (χ4v) is 0.624. The first-order valence-corrected chi connectivity index (χ1v) is 3.26. The molecule has 0 saturated heterocycles. The lowest BCUT2D eigenvalue weighted by Crippen LogP contribution is -3.03. The highest BCUT2D eigenvalue weighted by atomic mass is 16.5. The van der Waals surface area contributed by atoms with Crippen molar-refractivity contribution in [2.45, 2.75) is 26.2 Å². The van der Waals surface area contributed by atoms with Gasteiger partial charge >= 0.3 is 0 Å². The molecule has 0 aromatic rings. The molecule has 0 aromatic carbocycles. The van der Waals surface area contributed by atoms with Gasteiger partial charge in [0.15, 0.2) is 0 Å². The molecule has 0 aromatic heterocycles. The van der Waals surface area contributed by atoms with Gasteiger partial charge in [-0.05, 0) is 12.8 Å². The topological polar surface area (TPSA) is 27.5 Å². The lowest BCUT2D eigenvalue weighted by atomic mass is 10.2. The number of hydrogen-bond donors (Lipinski definition) is 1. The van der Waals surface area contributed by atoms with Crippen molar-refractivity contribution in [3.8, 4) is 0 Å². The third-order valence-electron chi connectivity index (χ3n) is 1.13. The first kappa shape index (κ1) is 7.92. The van der Waals surface area contributed by atoms with Crippen LogP contribution in [-0.4, -0.2) is 13.6 Å². The molecule has 0 bridgehead atoms. The highest BCUT2D eigenvalue weighted by molar-refractivity contribution is 4.32. The number of quaternary nitrogens is 1. The molecular formula is C6H15NO. The van der Waals surface area contributed by atoms with Gasteiger partial charge in [0, 0.05) is 0 Å². The molecule has 0 amide bonds. The second-order valence-corrected chi connectivity index (χ2v) is 2.16. The Balaban J connectivity index is 2.72. The Hall–Kier alpha value is -0.0800. The molecule has 0 rings (SSSR count). The highest BCUT2D eigenvalue weighted by Gasteiger charge is 1.86. The standard InChI is InChI=1S/C6H15NO/c1-3-4-5-6-7(2)8/h7H,3-6H2,1-2H3. The van der Waals surface area contributed by atoms with Crippen LogP contribution in [-0.2, 0) is 0 Å². The van der Waals surface area contributed by atoms with Crippen molar-refractivity contribution >= 4 is 0 Å². The molecule has 0 aliphatic rings. The van der Waals surface area contributed by atoms with Gasteiger partial charge in [0.25, 0.3) is 0 Å². The molecule has 0 heterocycles. The van der Waals surface area contributed by atoms with Gasteiger partial charge in [0.05, 0.1) is 13.6 Å². The van der Waals surface area contributed by atoms with Crippen molar-refractivity contribution in [2.75, 3.05) is 13.6 Å². The van der Waals surface area contributed by atoms with E-state index in [0.717, 1.165) is 13.0 Å². The maximum absolute atomic E-state index is 10.3. The minimum absolute atomic E-state index is 0.318. The first-order valence-electron chi connectivity index (χ1n) is 3.26. The Morgan fingerprint density at radius 1 is 1.38 bits per heavy atom. The molecule has 2 heteroatoms. The van der Waals surface area contributed by atoms with Crippen molar-refractivity contribution in [1.82, 2.24) is 0 Å². The van der Waals surface area contributed by atoms with Crippen molar-refractivity contribution in [2.24, 2.45) is 0 Å². The molecule has 0 aliphatic carbocycles. The maximum Gasteiger partial charge on any atom is 0.0766 e. The van der Waals surface area contributed by atoms with Crippen molar-refractivity contribution in [3.05, 3.63) is 5.21 Å². The summed E-state index contributed by atoms with van der Waals surface area (Å²) in [7, 11) is 1.65. The molecule has 2 nitrogen and oxygen atoms in total. The Bertz CT molecular complexity index is 45.8. The number of hydrogen-bond acceptors (Lipinski definition) is 1. The zero-order chi connectivity index (χ0) is 6.41. The third kappa shape index (κ3) is 5.92. The zero-order valence-corrected chi connectivity index (χ0v) is 5.74. The summed E-state index contributed by atoms with van der Waals surface area (Å²) in [5, 5.41) is 10.6. The van der Waals surface area contributed by atoms with Crippen LogP contribution in [0.3, 0.4) is 0 Å². The van der Waals surface area contributed by atoms with Crippen LogP contribution >= 0.6 is 0 Å². The summed E-state index contributed by atoms with van der Waals surface area (Å²) >= 11 is 0. The smallest absolute Gasteiger partial charge is 0.0766 e. The van der Waals surface area contributed by atoms with Crippen LogP contribution in [0, 0.1) is 5.21 Å². The van der Waals surface area contributed by atoms with Gasteiger partial charge in [-0.3, -0.25) is 0 Å². The number of hydroxylamine groups is 2. The van der Waals surface area contributed by atoms with Crippen molar-refractivity contribution < 1.29 is 5.06 Å². The fraction of sp³-hybridized carbons (Fsp3) is 1.00. The third-order valence-corrected chi connectivity index (χ3v) is 1.13. The summed E-state index contributed by atoms with van der Waals surface area (Å²) < 4.78 is 0. The van der Waals surface area contributed by atoms with Gasteiger partial charge in [-0.15, -0.1) is 0 Å². The van der Waals surface area contributed by atoms with E-state index in [0.29, 0.717) is 5.06 Å². The van der Waals surface area contributed by atoms with Gasteiger partial charge in [0.2, 0.25) is 0 Å². The molecule has 50 valence electrons. The monoisotopic (exact) mass is 117 g/mol. The molecule has 1 N–H and O–H groups in total. The predicted molar refractivity (Wildman–Crippen MR) is 34.6 cm³/mol. The molecular weight excluding hydrogens is 102 g/mol. The van der Waals surface area contributed by atoms with Gasteiger partial charge in [0.1, 0.15) is 0 Å². The SMILES string of the molecule is CCCCC[NH+](C)[O-]. The number of rotatable bonds is 4. The zero-order valence-electron chi connectivity index (χ0n) is 5.74. The van der Waals surface area contributed by atoms with Crippen LogP contribution in [0.4, 0.5) is 0 Å². The van der Waals surface area contributed by atoms with E-state index in [4.69, 9.17) is 0 Å². The second-order valence-electron chi connectivity index (χ2n) is 2.16. The lowest BCUT2D eigenvalue weighted by Gasteiger charge is -2.14. The van der Waals surface area contributed by atoms with Crippen LogP contribution in [0.2, 0.25) is 0 Å². The first-order chi connectivity index (χ1) is 3.77. The summed E-state index contributed by atoms with van der Waals surface area (Å²) in [5.41, 5.74) is 0. The molecule has 0 radical (unpaired) electrons. The highest BCUT2D eigenvalue weighted by Crippen LogP contribution is 1.88. The average molecular weight is 117 g/mol. The maximum atomic E-state index is 10.3. The number of unbranched alkanes of at least 4 members (excludes halogenated alkanes) is 2. The lowest BCUT2D eigenvalue weighted by molar-refractivity contribution is -0.826. The average Bonchev–Trinajstić information content (AvgIpc) is 1.66. The molecule has 1 unspecified atom stereocenters. The van der Waals surface area contributed by atoms with Crippen molar-refractivity contribution in [3.63, 3.8) is 0 Å². The molecule has 0 aliphatic heterocycles. The van der Waals surface area contributed by atoms with Crippen LogP contribution < -0.4 is 5.06 Å². The van der Waals surface area contributed by atoms with Crippen LogP contribution in [0.15, 0.2) is 0 Å². The molecule has 1 atom stereocenters. The van der Waals surface area contributed by atoms with Gasteiger partial charge in [-0.25, -0.2) is 0 Å². The summed E-state index contributed by atoms with van der Waals surface area (Å²) in [5.74, 6) is 0. The summed E-state index contributed by atoms with van der Waals surface area (Å²) in [6, 6.07) is 0. The molecule has 0 fully saturated rings. The summed E-state index contributed by atoms with van der Waals surface area (Å²) in [4.78, 5) is 0. The van der Waals surface area contributed by atoms with Gasteiger partial charge in [-0.2, -0.15) is 0 Å². The van der Waals surface area contributed by atoms with E-state index in [1.165, 1.54) is 12.8 Å². The summed E-state index contributed by atoms with van der Waals surface area (Å²) in [6.45, 7) is 2.91. The minimum Gasteiger partial charge on any atom is -0.634 e. The van der Waals surface area contributed by atoms with Crippen LogP contribution in [0.5, 0.6) is 0 Å². The Kier molecular flexibility index (Phi) is 5.01. The number of nitrogens with one attached hydrogen (secondary N) is 1. The largest absolute Gasteiger partial charge is 0.634 e. The van der Waals surface area contributed by atoms with Crippen LogP contribution in [0.25, 0.3) is 0 Å². The van der Waals surface area contributed by atoms with E-state index < -0.39 is 0 Å². The Labute approximate surface area is 51.1 Å². The predicted octanol–water partition coefficient (Wildman–Crippen LogP) is 0.189. The van der Waals surface area contributed by atoms with E-state index in [2.05, 4.69) is 6.92 Å². The Morgan fingerprint density at radius 3 is 2.38 bits per heavy atom.